The van der Waals surface area contributed by atoms with Gasteiger partial charge in [0, 0.05) is 44.6 Å². The Balaban J connectivity index is 1.43. The predicted molar refractivity (Wildman–Crippen MR) is 101 cm³/mol. The Morgan fingerprint density at radius 2 is 1.96 bits per heavy atom. The lowest BCUT2D eigenvalue weighted by Gasteiger charge is -2.28. The quantitative estimate of drug-likeness (QED) is 0.811. The Morgan fingerprint density at radius 3 is 2.63 bits per heavy atom. The molecule has 7 nitrogen and oxygen atoms in total. The van der Waals surface area contributed by atoms with Gasteiger partial charge >= 0.3 is 0 Å². The Bertz CT molecular complexity index is 658. The monoisotopic (exact) mass is 377 g/mol. The van der Waals surface area contributed by atoms with Crippen molar-refractivity contribution in [2.75, 3.05) is 45.9 Å². The number of nitrogens with one attached hydrogen (secondary N) is 1. The molecule has 2 fully saturated rings. The highest BCUT2D eigenvalue weighted by atomic mass is 16.5. The topological polar surface area (TPSA) is 75.0 Å². The molecule has 0 radical (unpaired) electrons. The third-order valence-corrected chi connectivity index (χ3v) is 5.21. The lowest BCUT2D eigenvalue weighted by Crippen LogP contribution is -2.42. The predicted octanol–water partition coefficient (Wildman–Crippen LogP) is 1.37. The molecule has 7 heteroatoms. The van der Waals surface area contributed by atoms with E-state index in [9.17, 15) is 9.59 Å². The SMILES string of the molecule is CC(C)(C)c1ccc(CNC(=O)C2CC(=O)N(CCN3CCOCC3)C2)o1. The number of hydrogen-bond donors (Lipinski definition) is 1. The largest absolute Gasteiger partial charge is 0.464 e. The molecule has 2 amide bonds. The van der Waals surface area contributed by atoms with E-state index in [1.54, 1.807) is 0 Å². The van der Waals surface area contributed by atoms with Crippen LogP contribution in [-0.4, -0.2) is 67.6 Å². The van der Waals surface area contributed by atoms with Gasteiger partial charge in [-0.15, -0.1) is 0 Å². The number of likely N-dealkylation sites (tertiary alicyclic amines) is 1. The molecular weight excluding hydrogens is 346 g/mol. The lowest BCUT2D eigenvalue weighted by atomic mass is 9.94. The third-order valence-electron chi connectivity index (χ3n) is 5.21. The first-order valence-corrected chi connectivity index (χ1v) is 9.78. The second-order valence-corrected chi connectivity index (χ2v) is 8.43. The van der Waals surface area contributed by atoms with Gasteiger partial charge in [0.2, 0.25) is 11.8 Å². The summed E-state index contributed by atoms with van der Waals surface area (Å²) in [6, 6.07) is 3.85. The fourth-order valence-corrected chi connectivity index (χ4v) is 3.45. The number of furan rings is 1. The minimum Gasteiger partial charge on any atom is -0.464 e. The molecule has 3 rings (SSSR count). The van der Waals surface area contributed by atoms with Crippen LogP contribution in [0.2, 0.25) is 0 Å². The number of nitrogens with zero attached hydrogens (tertiary/aromatic N) is 2. The first-order valence-electron chi connectivity index (χ1n) is 9.78. The fraction of sp³-hybridized carbons (Fsp3) is 0.700. The summed E-state index contributed by atoms with van der Waals surface area (Å²) in [6.45, 7) is 12.0. The van der Waals surface area contributed by atoms with Gasteiger partial charge in [-0.25, -0.2) is 0 Å². The molecule has 0 saturated carbocycles. The molecule has 0 aliphatic carbocycles. The highest BCUT2D eigenvalue weighted by Crippen LogP contribution is 2.24. The van der Waals surface area contributed by atoms with E-state index >= 15 is 0 Å². The summed E-state index contributed by atoms with van der Waals surface area (Å²) >= 11 is 0. The Labute approximate surface area is 161 Å². The Kier molecular flexibility index (Phi) is 6.22. The van der Waals surface area contributed by atoms with Gasteiger partial charge in [-0.2, -0.15) is 0 Å². The van der Waals surface area contributed by atoms with Gasteiger partial charge in [0.15, 0.2) is 0 Å². The average Bonchev–Trinajstić information content (AvgIpc) is 3.25. The van der Waals surface area contributed by atoms with Gasteiger partial charge < -0.3 is 19.4 Å². The van der Waals surface area contributed by atoms with E-state index in [-0.39, 0.29) is 23.1 Å². The summed E-state index contributed by atoms with van der Waals surface area (Å²) in [7, 11) is 0. The first kappa shape index (κ1) is 19.9. The van der Waals surface area contributed by atoms with Crippen molar-refractivity contribution in [1.82, 2.24) is 15.1 Å². The summed E-state index contributed by atoms with van der Waals surface area (Å²) < 4.78 is 11.1. The van der Waals surface area contributed by atoms with Gasteiger partial charge in [0.1, 0.15) is 11.5 Å². The van der Waals surface area contributed by atoms with E-state index in [0.29, 0.717) is 26.1 Å². The number of morpholine rings is 1. The number of rotatable bonds is 6. The second kappa shape index (κ2) is 8.44. The minimum absolute atomic E-state index is 0.0545. The molecular formula is C20H31N3O4. The van der Waals surface area contributed by atoms with Crippen LogP contribution in [0.1, 0.15) is 38.7 Å². The Morgan fingerprint density at radius 1 is 1.22 bits per heavy atom. The van der Waals surface area contributed by atoms with Crippen molar-refractivity contribution in [2.45, 2.75) is 39.2 Å². The molecule has 3 heterocycles. The average molecular weight is 377 g/mol. The zero-order chi connectivity index (χ0) is 19.4. The number of carbonyl (C=O) groups is 2. The van der Waals surface area contributed by atoms with Crippen LogP contribution in [0.3, 0.4) is 0 Å². The molecule has 1 unspecified atom stereocenters. The molecule has 27 heavy (non-hydrogen) atoms. The number of ether oxygens (including phenoxy) is 1. The number of hydrogen-bond acceptors (Lipinski definition) is 5. The van der Waals surface area contributed by atoms with Gasteiger partial charge in [-0.05, 0) is 12.1 Å². The second-order valence-electron chi connectivity index (χ2n) is 8.43. The van der Waals surface area contributed by atoms with E-state index in [4.69, 9.17) is 9.15 Å². The van der Waals surface area contributed by atoms with E-state index in [0.717, 1.165) is 44.4 Å². The maximum Gasteiger partial charge on any atom is 0.225 e. The van der Waals surface area contributed by atoms with E-state index in [2.05, 4.69) is 31.0 Å². The zero-order valence-electron chi connectivity index (χ0n) is 16.6. The maximum atomic E-state index is 12.5. The molecule has 1 aromatic heterocycles. The summed E-state index contributed by atoms with van der Waals surface area (Å²) in [6.07, 6.45) is 0.292. The number of carbonyl (C=O) groups excluding carboxylic acids is 2. The van der Waals surface area contributed by atoms with Crippen molar-refractivity contribution in [2.24, 2.45) is 5.92 Å². The molecule has 2 aliphatic heterocycles. The molecule has 0 spiro atoms. The van der Waals surface area contributed by atoms with E-state index in [1.807, 2.05) is 17.0 Å². The molecule has 0 bridgehead atoms. The first-order chi connectivity index (χ1) is 12.8. The normalized spacial score (nSPS) is 21.7. The Hall–Kier alpha value is -1.86. The molecule has 2 aliphatic rings. The molecule has 0 aromatic carbocycles. The number of amides is 2. The van der Waals surface area contributed by atoms with E-state index in [1.165, 1.54) is 0 Å². The van der Waals surface area contributed by atoms with Crippen LogP contribution in [0.15, 0.2) is 16.5 Å². The van der Waals surface area contributed by atoms with Crippen LogP contribution in [-0.2, 0) is 26.3 Å². The van der Waals surface area contributed by atoms with Crippen molar-refractivity contribution >= 4 is 11.8 Å². The molecule has 1 aromatic rings. The smallest absolute Gasteiger partial charge is 0.225 e. The standard InChI is InChI=1S/C20H31N3O4/c1-20(2,3)17-5-4-16(27-17)13-21-19(25)15-12-18(24)23(14-15)7-6-22-8-10-26-11-9-22/h4-5,15H,6-14H2,1-3H3,(H,21,25). The van der Waals surface area contributed by atoms with Crippen LogP contribution >= 0.6 is 0 Å². The van der Waals surface area contributed by atoms with Crippen LogP contribution in [0.5, 0.6) is 0 Å². The van der Waals surface area contributed by atoms with E-state index < -0.39 is 0 Å². The highest BCUT2D eigenvalue weighted by Gasteiger charge is 2.34. The minimum atomic E-state index is -0.278. The summed E-state index contributed by atoms with van der Waals surface area (Å²) in [5.41, 5.74) is -0.0545. The van der Waals surface area contributed by atoms with Gasteiger partial charge in [0.25, 0.3) is 0 Å². The van der Waals surface area contributed by atoms with Crippen LogP contribution in [0, 0.1) is 5.92 Å². The summed E-state index contributed by atoms with van der Waals surface area (Å²) in [4.78, 5) is 28.8. The zero-order valence-corrected chi connectivity index (χ0v) is 16.6. The van der Waals surface area contributed by atoms with Gasteiger partial charge in [-0.1, -0.05) is 20.8 Å². The van der Waals surface area contributed by atoms with Crippen molar-refractivity contribution in [3.63, 3.8) is 0 Å². The van der Waals surface area contributed by atoms with Crippen molar-refractivity contribution < 1.29 is 18.7 Å². The molecule has 2 saturated heterocycles. The molecule has 1 N–H and O–H groups in total. The van der Waals surface area contributed by atoms with Crippen LogP contribution in [0.25, 0.3) is 0 Å². The van der Waals surface area contributed by atoms with Gasteiger partial charge in [0.05, 0.1) is 25.7 Å². The van der Waals surface area contributed by atoms with Crippen molar-refractivity contribution in [3.05, 3.63) is 23.7 Å². The molecule has 1 atom stereocenters. The van der Waals surface area contributed by atoms with Crippen LogP contribution in [0.4, 0.5) is 0 Å². The van der Waals surface area contributed by atoms with Crippen LogP contribution < -0.4 is 5.32 Å². The lowest BCUT2D eigenvalue weighted by molar-refractivity contribution is -0.129. The maximum absolute atomic E-state index is 12.5. The third kappa shape index (κ3) is 5.32. The fourth-order valence-electron chi connectivity index (χ4n) is 3.45. The van der Waals surface area contributed by atoms with Crippen molar-refractivity contribution in [3.8, 4) is 0 Å². The summed E-state index contributed by atoms with van der Waals surface area (Å²) in [5.74, 6) is 1.35. The highest BCUT2D eigenvalue weighted by molar-refractivity contribution is 5.89. The molecule has 150 valence electrons. The summed E-state index contributed by atoms with van der Waals surface area (Å²) in [5, 5.41) is 2.91. The van der Waals surface area contributed by atoms with Gasteiger partial charge in [-0.3, -0.25) is 14.5 Å². The van der Waals surface area contributed by atoms with Crippen molar-refractivity contribution in [1.29, 1.82) is 0 Å².